The van der Waals surface area contributed by atoms with Crippen molar-refractivity contribution in [1.29, 1.82) is 0 Å². The van der Waals surface area contributed by atoms with Crippen LogP contribution >= 0.6 is 0 Å². The van der Waals surface area contributed by atoms with Gasteiger partial charge in [-0.25, -0.2) is 0 Å². The minimum atomic E-state index is 0.305. The van der Waals surface area contributed by atoms with E-state index in [2.05, 4.69) is 10.3 Å². The van der Waals surface area contributed by atoms with E-state index in [0.717, 1.165) is 25.0 Å². The van der Waals surface area contributed by atoms with E-state index in [1.54, 1.807) is 0 Å². The van der Waals surface area contributed by atoms with E-state index in [4.69, 9.17) is 5.73 Å². The number of hydrogen-bond donors (Lipinski definition) is 1. The molecule has 4 heteroatoms. The Labute approximate surface area is 65.4 Å². The van der Waals surface area contributed by atoms with Crippen molar-refractivity contribution in [3.8, 4) is 0 Å². The lowest BCUT2D eigenvalue weighted by Crippen LogP contribution is -2.28. The molecule has 60 valence electrons. The van der Waals surface area contributed by atoms with Crippen LogP contribution in [-0.2, 0) is 19.9 Å². The minimum Gasteiger partial charge on any atom is -0.327 e. The van der Waals surface area contributed by atoms with Crippen molar-refractivity contribution in [3.63, 3.8) is 0 Å². The van der Waals surface area contributed by atoms with E-state index >= 15 is 0 Å². The fourth-order valence-electron chi connectivity index (χ4n) is 1.54. The summed E-state index contributed by atoms with van der Waals surface area (Å²) >= 11 is 0. The molecule has 0 saturated heterocycles. The summed E-state index contributed by atoms with van der Waals surface area (Å²) in [4.78, 5) is 0. The third kappa shape index (κ3) is 1.03. The Morgan fingerprint density at radius 3 is 3.27 bits per heavy atom. The Kier molecular flexibility index (Phi) is 1.42. The SMILES string of the molecule is Cn1nnc2c1CC(N)CC2. The molecule has 0 aromatic carbocycles. The highest BCUT2D eigenvalue weighted by Crippen LogP contribution is 2.16. The van der Waals surface area contributed by atoms with Gasteiger partial charge >= 0.3 is 0 Å². The molecule has 0 radical (unpaired) electrons. The monoisotopic (exact) mass is 152 g/mol. The molecule has 11 heavy (non-hydrogen) atoms. The van der Waals surface area contributed by atoms with Gasteiger partial charge in [0.2, 0.25) is 0 Å². The van der Waals surface area contributed by atoms with Crippen molar-refractivity contribution in [2.45, 2.75) is 25.3 Å². The number of nitrogens with zero attached hydrogens (tertiary/aromatic N) is 3. The Bertz CT molecular complexity index is 265. The molecule has 0 saturated carbocycles. The molecule has 0 bridgehead atoms. The Hall–Kier alpha value is -0.900. The van der Waals surface area contributed by atoms with Gasteiger partial charge in [0.1, 0.15) is 0 Å². The van der Waals surface area contributed by atoms with E-state index in [1.807, 2.05) is 11.7 Å². The largest absolute Gasteiger partial charge is 0.327 e. The molecule has 1 heterocycles. The van der Waals surface area contributed by atoms with Crippen molar-refractivity contribution in [2.24, 2.45) is 12.8 Å². The second kappa shape index (κ2) is 2.30. The van der Waals surface area contributed by atoms with Gasteiger partial charge in [0.15, 0.2) is 0 Å². The van der Waals surface area contributed by atoms with Crippen LogP contribution in [0.2, 0.25) is 0 Å². The Morgan fingerprint density at radius 2 is 2.45 bits per heavy atom. The first kappa shape index (κ1) is 6.79. The van der Waals surface area contributed by atoms with E-state index in [9.17, 15) is 0 Å². The normalized spacial score (nSPS) is 23.3. The molecule has 4 nitrogen and oxygen atoms in total. The first-order valence-electron chi connectivity index (χ1n) is 3.90. The average molecular weight is 152 g/mol. The van der Waals surface area contributed by atoms with E-state index < -0.39 is 0 Å². The second-order valence-electron chi connectivity index (χ2n) is 3.11. The van der Waals surface area contributed by atoms with Crippen LogP contribution in [0.25, 0.3) is 0 Å². The Morgan fingerprint density at radius 1 is 1.64 bits per heavy atom. The van der Waals surface area contributed by atoms with Crippen molar-refractivity contribution >= 4 is 0 Å². The lowest BCUT2D eigenvalue weighted by Gasteiger charge is -2.16. The molecule has 1 aromatic heterocycles. The van der Waals surface area contributed by atoms with Crippen LogP contribution in [0.4, 0.5) is 0 Å². The number of hydrogen-bond acceptors (Lipinski definition) is 3. The standard InChI is InChI=1S/C7H12N4/c1-11-7-4-5(8)2-3-6(7)9-10-11/h5H,2-4,8H2,1H3. The van der Waals surface area contributed by atoms with Crippen molar-refractivity contribution in [1.82, 2.24) is 15.0 Å². The molecule has 0 amide bonds. The van der Waals surface area contributed by atoms with E-state index in [1.165, 1.54) is 5.69 Å². The maximum absolute atomic E-state index is 5.81. The van der Waals surface area contributed by atoms with Gasteiger partial charge in [-0.15, -0.1) is 5.10 Å². The summed E-state index contributed by atoms with van der Waals surface area (Å²) in [6.07, 6.45) is 2.97. The summed E-state index contributed by atoms with van der Waals surface area (Å²) < 4.78 is 1.83. The number of rotatable bonds is 0. The van der Waals surface area contributed by atoms with Crippen LogP contribution in [-0.4, -0.2) is 21.0 Å². The predicted octanol–water partition coefficient (Wildman–Crippen LogP) is -0.369. The molecule has 2 N–H and O–H groups in total. The molecule has 1 aromatic rings. The molecule has 0 aliphatic heterocycles. The highest BCUT2D eigenvalue weighted by atomic mass is 15.4. The predicted molar refractivity (Wildman–Crippen MR) is 41.0 cm³/mol. The van der Waals surface area contributed by atoms with Gasteiger partial charge in [0, 0.05) is 19.5 Å². The van der Waals surface area contributed by atoms with Crippen LogP contribution in [0, 0.1) is 0 Å². The van der Waals surface area contributed by atoms with E-state index in [0.29, 0.717) is 6.04 Å². The van der Waals surface area contributed by atoms with Gasteiger partial charge in [0.25, 0.3) is 0 Å². The van der Waals surface area contributed by atoms with Crippen LogP contribution in [0.1, 0.15) is 17.8 Å². The Balaban J connectivity index is 2.37. The van der Waals surface area contributed by atoms with Gasteiger partial charge in [-0.1, -0.05) is 5.21 Å². The maximum Gasteiger partial charge on any atom is 0.0860 e. The number of fused-ring (bicyclic) bond motifs is 1. The van der Waals surface area contributed by atoms with Crippen LogP contribution in [0.15, 0.2) is 0 Å². The number of aryl methyl sites for hydroxylation is 2. The summed E-state index contributed by atoms with van der Waals surface area (Å²) in [7, 11) is 1.92. The number of aromatic nitrogens is 3. The molecule has 0 spiro atoms. The maximum atomic E-state index is 5.81. The lowest BCUT2D eigenvalue weighted by atomic mass is 9.97. The van der Waals surface area contributed by atoms with Crippen LogP contribution in [0.5, 0.6) is 0 Å². The second-order valence-corrected chi connectivity index (χ2v) is 3.11. The zero-order valence-electron chi connectivity index (χ0n) is 6.62. The zero-order valence-corrected chi connectivity index (χ0v) is 6.62. The third-order valence-corrected chi connectivity index (χ3v) is 2.23. The first-order valence-corrected chi connectivity index (χ1v) is 3.90. The highest BCUT2D eigenvalue weighted by molar-refractivity contribution is 5.15. The highest BCUT2D eigenvalue weighted by Gasteiger charge is 2.19. The van der Waals surface area contributed by atoms with Gasteiger partial charge in [-0.05, 0) is 12.8 Å². The van der Waals surface area contributed by atoms with Gasteiger partial charge in [0.05, 0.1) is 11.4 Å². The molecular weight excluding hydrogens is 140 g/mol. The molecule has 1 unspecified atom stereocenters. The molecule has 0 fully saturated rings. The first-order chi connectivity index (χ1) is 5.27. The van der Waals surface area contributed by atoms with Crippen LogP contribution < -0.4 is 5.73 Å². The summed E-state index contributed by atoms with van der Waals surface area (Å²) in [6.45, 7) is 0. The van der Waals surface area contributed by atoms with Crippen molar-refractivity contribution in [2.75, 3.05) is 0 Å². The molecular formula is C7H12N4. The third-order valence-electron chi connectivity index (χ3n) is 2.23. The van der Waals surface area contributed by atoms with Crippen molar-refractivity contribution < 1.29 is 0 Å². The van der Waals surface area contributed by atoms with Crippen molar-refractivity contribution in [3.05, 3.63) is 11.4 Å². The zero-order chi connectivity index (χ0) is 7.84. The van der Waals surface area contributed by atoms with Gasteiger partial charge < -0.3 is 5.73 Å². The quantitative estimate of drug-likeness (QED) is 0.552. The summed E-state index contributed by atoms with van der Waals surface area (Å²) in [6, 6.07) is 0.305. The van der Waals surface area contributed by atoms with Gasteiger partial charge in [-0.2, -0.15) is 0 Å². The molecule has 2 rings (SSSR count). The number of nitrogens with two attached hydrogens (primary N) is 1. The smallest absolute Gasteiger partial charge is 0.0860 e. The van der Waals surface area contributed by atoms with E-state index in [-0.39, 0.29) is 0 Å². The lowest BCUT2D eigenvalue weighted by molar-refractivity contribution is 0.546. The summed E-state index contributed by atoms with van der Waals surface area (Å²) in [5, 5.41) is 7.99. The summed E-state index contributed by atoms with van der Waals surface area (Å²) in [5.41, 5.74) is 8.15. The fourth-order valence-corrected chi connectivity index (χ4v) is 1.54. The summed E-state index contributed by atoms with van der Waals surface area (Å²) in [5.74, 6) is 0. The van der Waals surface area contributed by atoms with Crippen LogP contribution in [0.3, 0.4) is 0 Å². The fraction of sp³-hybridized carbons (Fsp3) is 0.714. The molecule has 1 aliphatic carbocycles. The molecule has 1 aliphatic rings. The average Bonchev–Trinajstić information content (AvgIpc) is 2.33. The minimum absolute atomic E-state index is 0.305. The molecule has 1 atom stereocenters. The van der Waals surface area contributed by atoms with Gasteiger partial charge in [-0.3, -0.25) is 4.68 Å². The topological polar surface area (TPSA) is 56.7 Å².